The third-order valence-electron chi connectivity index (χ3n) is 5.15. The monoisotopic (exact) mass is 606 g/mol. The first kappa shape index (κ1) is 27.3. The number of rotatable bonds is 9. The van der Waals surface area contributed by atoms with Crippen molar-refractivity contribution in [1.82, 2.24) is 10.3 Å². The van der Waals surface area contributed by atoms with Crippen molar-refractivity contribution in [1.29, 1.82) is 0 Å². The number of nitrogens with zero attached hydrogens (tertiary/aromatic N) is 1. The van der Waals surface area contributed by atoms with E-state index < -0.39 is 11.8 Å². The molecule has 0 aliphatic heterocycles. The van der Waals surface area contributed by atoms with Gasteiger partial charge in [-0.2, -0.15) is 0 Å². The van der Waals surface area contributed by atoms with Crippen LogP contribution in [0.2, 0.25) is 0 Å². The average molecular weight is 608 g/mol. The van der Waals surface area contributed by atoms with Crippen LogP contribution in [0.3, 0.4) is 0 Å². The lowest BCUT2D eigenvalue weighted by molar-refractivity contribution is -0.115. The minimum absolute atomic E-state index is 0.0999. The van der Waals surface area contributed by atoms with Gasteiger partial charge < -0.3 is 16.0 Å². The number of aromatic nitrogens is 1. The lowest BCUT2D eigenvalue weighted by Gasteiger charge is -2.13. The number of benzene rings is 3. The number of carbonyl (C=O) groups excluding carboxylic acids is 3. The van der Waals surface area contributed by atoms with Crippen LogP contribution in [0, 0.1) is 0 Å². The highest BCUT2D eigenvalue weighted by Gasteiger charge is 2.17. The van der Waals surface area contributed by atoms with E-state index in [9.17, 15) is 14.4 Å². The molecule has 0 aliphatic carbocycles. The van der Waals surface area contributed by atoms with Gasteiger partial charge >= 0.3 is 0 Å². The molecule has 0 spiro atoms. The van der Waals surface area contributed by atoms with E-state index in [0.717, 1.165) is 14.9 Å². The van der Waals surface area contributed by atoms with Crippen LogP contribution in [0.4, 0.5) is 10.8 Å². The van der Waals surface area contributed by atoms with Gasteiger partial charge in [0.2, 0.25) is 5.91 Å². The van der Waals surface area contributed by atoms with Crippen molar-refractivity contribution in [3.8, 4) is 0 Å². The Bertz CT molecular complexity index is 1440. The molecule has 4 aromatic rings. The average Bonchev–Trinajstić information content (AvgIpc) is 3.43. The maximum atomic E-state index is 13.2. The predicted octanol–water partition coefficient (Wildman–Crippen LogP) is 6.43. The number of amides is 3. The Labute approximate surface area is 236 Å². The second-order valence-corrected chi connectivity index (χ2v) is 11.2. The largest absolute Gasteiger partial charge is 0.321 e. The van der Waals surface area contributed by atoms with E-state index in [-0.39, 0.29) is 16.9 Å². The first-order chi connectivity index (χ1) is 18.4. The summed E-state index contributed by atoms with van der Waals surface area (Å²) in [7, 11) is 0. The number of carbonyl (C=O) groups is 3. The molecule has 0 saturated carbocycles. The molecule has 0 aliphatic rings. The van der Waals surface area contributed by atoms with Gasteiger partial charge in [0.25, 0.3) is 11.8 Å². The standard InChI is InChI=1S/C28H23BrN4O3S2/c1-18(25(34)33-28-30-14-15-37-28)38-23-12-10-22(11-13-23)31-27(36)24(17-19-6-5-9-21(29)16-19)32-26(35)20-7-3-2-4-8-20/h2-18H,1H3,(H,31,36)(H,32,35)(H,30,33,34)/b24-17-. The zero-order valence-corrected chi connectivity index (χ0v) is 23.4. The van der Waals surface area contributed by atoms with E-state index >= 15 is 0 Å². The lowest BCUT2D eigenvalue weighted by atomic mass is 10.1. The van der Waals surface area contributed by atoms with Gasteiger partial charge in [0.05, 0.1) is 5.25 Å². The molecule has 1 atom stereocenters. The maximum Gasteiger partial charge on any atom is 0.272 e. The highest BCUT2D eigenvalue weighted by molar-refractivity contribution is 9.10. The Kier molecular flexibility index (Phi) is 9.47. The van der Waals surface area contributed by atoms with E-state index in [4.69, 9.17) is 0 Å². The highest BCUT2D eigenvalue weighted by Crippen LogP contribution is 2.26. The molecule has 0 saturated heterocycles. The number of thioether (sulfide) groups is 1. The Morgan fingerprint density at radius 1 is 0.974 bits per heavy atom. The van der Waals surface area contributed by atoms with Gasteiger partial charge in [-0.1, -0.05) is 46.3 Å². The van der Waals surface area contributed by atoms with Crippen molar-refractivity contribution < 1.29 is 14.4 Å². The smallest absolute Gasteiger partial charge is 0.272 e. The molecule has 3 N–H and O–H groups in total. The minimum atomic E-state index is -0.467. The summed E-state index contributed by atoms with van der Waals surface area (Å²) in [5, 5.41) is 10.4. The van der Waals surface area contributed by atoms with Crippen LogP contribution in [0.5, 0.6) is 0 Å². The van der Waals surface area contributed by atoms with Crippen molar-refractivity contribution in [2.45, 2.75) is 17.1 Å². The number of hydrogen-bond acceptors (Lipinski definition) is 6. The zero-order chi connectivity index (χ0) is 26.9. The molecule has 3 aromatic carbocycles. The number of thiazole rings is 1. The lowest BCUT2D eigenvalue weighted by Crippen LogP contribution is -2.30. The summed E-state index contributed by atoms with van der Waals surface area (Å²) in [4.78, 5) is 43.3. The molecule has 0 fully saturated rings. The maximum absolute atomic E-state index is 13.2. The second-order valence-electron chi connectivity index (χ2n) is 8.00. The molecule has 1 heterocycles. The number of anilines is 2. The Hall–Kier alpha value is -3.73. The van der Waals surface area contributed by atoms with Crippen LogP contribution in [0.15, 0.2) is 106 Å². The summed E-state index contributed by atoms with van der Waals surface area (Å²) in [5.74, 6) is -0.997. The third-order valence-corrected chi connectivity index (χ3v) is 7.44. The molecule has 7 nitrogen and oxygen atoms in total. The van der Waals surface area contributed by atoms with Crippen molar-refractivity contribution in [3.05, 3.63) is 112 Å². The molecule has 3 amide bonds. The van der Waals surface area contributed by atoms with Crippen LogP contribution in [0.1, 0.15) is 22.8 Å². The van der Waals surface area contributed by atoms with E-state index in [1.54, 1.807) is 54.1 Å². The fourth-order valence-corrected chi connectivity index (χ4v) is 5.09. The van der Waals surface area contributed by atoms with Gasteiger partial charge in [-0.05, 0) is 67.1 Å². The molecule has 1 unspecified atom stereocenters. The van der Waals surface area contributed by atoms with Crippen LogP contribution >= 0.6 is 39.0 Å². The Balaban J connectivity index is 1.44. The van der Waals surface area contributed by atoms with Gasteiger partial charge in [-0.15, -0.1) is 23.1 Å². The highest BCUT2D eigenvalue weighted by atomic mass is 79.9. The molecule has 10 heteroatoms. The van der Waals surface area contributed by atoms with Crippen LogP contribution in [-0.4, -0.2) is 28.0 Å². The number of hydrogen-bond donors (Lipinski definition) is 3. The van der Waals surface area contributed by atoms with Crippen LogP contribution < -0.4 is 16.0 Å². The van der Waals surface area contributed by atoms with Gasteiger partial charge in [-0.3, -0.25) is 14.4 Å². The van der Waals surface area contributed by atoms with E-state index in [1.807, 2.05) is 49.4 Å². The summed E-state index contributed by atoms with van der Waals surface area (Å²) in [6.45, 7) is 1.82. The molecule has 1 aromatic heterocycles. The summed E-state index contributed by atoms with van der Waals surface area (Å²) in [5.41, 5.74) is 1.83. The summed E-state index contributed by atoms with van der Waals surface area (Å²) >= 11 is 6.19. The molecule has 192 valence electrons. The van der Waals surface area contributed by atoms with Crippen molar-refractivity contribution in [2.75, 3.05) is 10.6 Å². The Morgan fingerprint density at radius 2 is 1.74 bits per heavy atom. The first-order valence-corrected chi connectivity index (χ1v) is 14.0. The van der Waals surface area contributed by atoms with Gasteiger partial charge in [-0.25, -0.2) is 4.98 Å². The molecule has 4 rings (SSSR count). The van der Waals surface area contributed by atoms with Crippen molar-refractivity contribution >= 4 is 73.6 Å². The Morgan fingerprint density at radius 3 is 2.42 bits per heavy atom. The molecule has 38 heavy (non-hydrogen) atoms. The van der Waals surface area contributed by atoms with Crippen LogP contribution in [0.25, 0.3) is 6.08 Å². The fraction of sp³-hybridized carbons (Fsp3) is 0.0714. The van der Waals surface area contributed by atoms with Gasteiger partial charge in [0.15, 0.2) is 5.13 Å². The second kappa shape index (κ2) is 13.2. The minimum Gasteiger partial charge on any atom is -0.321 e. The number of nitrogens with one attached hydrogen (secondary N) is 3. The van der Waals surface area contributed by atoms with E-state index in [0.29, 0.717) is 16.4 Å². The fourth-order valence-electron chi connectivity index (χ4n) is 3.27. The topological polar surface area (TPSA) is 100 Å². The van der Waals surface area contributed by atoms with Crippen molar-refractivity contribution in [2.24, 2.45) is 0 Å². The third kappa shape index (κ3) is 7.88. The zero-order valence-electron chi connectivity index (χ0n) is 20.2. The molecule has 0 radical (unpaired) electrons. The molecular formula is C28H23BrN4O3S2. The molecular weight excluding hydrogens is 584 g/mol. The number of halogens is 1. The van der Waals surface area contributed by atoms with E-state index in [2.05, 4.69) is 36.9 Å². The summed E-state index contributed by atoms with van der Waals surface area (Å²) in [6, 6.07) is 23.3. The quantitative estimate of drug-likeness (QED) is 0.150. The summed E-state index contributed by atoms with van der Waals surface area (Å²) in [6.07, 6.45) is 3.26. The summed E-state index contributed by atoms with van der Waals surface area (Å²) < 4.78 is 0.850. The van der Waals surface area contributed by atoms with Gasteiger partial charge in [0.1, 0.15) is 5.70 Å². The normalized spacial score (nSPS) is 11.9. The SMILES string of the molecule is CC(Sc1ccc(NC(=O)/C(=C/c2cccc(Br)c2)NC(=O)c2ccccc2)cc1)C(=O)Nc1nccs1. The predicted molar refractivity (Wildman–Crippen MR) is 157 cm³/mol. The van der Waals surface area contributed by atoms with E-state index in [1.165, 1.54) is 23.1 Å². The first-order valence-electron chi connectivity index (χ1n) is 11.5. The van der Waals surface area contributed by atoms with Crippen LogP contribution in [-0.2, 0) is 9.59 Å². The molecule has 0 bridgehead atoms. The van der Waals surface area contributed by atoms with Gasteiger partial charge in [0, 0.05) is 32.2 Å². The van der Waals surface area contributed by atoms with Crippen molar-refractivity contribution in [3.63, 3.8) is 0 Å².